The number of allylic oxidation sites excluding steroid dienone is 1. The van der Waals surface area contributed by atoms with Gasteiger partial charge in [0.15, 0.2) is 0 Å². The molecule has 2 aliphatic rings. The molecule has 1 saturated heterocycles. The van der Waals surface area contributed by atoms with Crippen LogP contribution in [0.25, 0.3) is 0 Å². The van der Waals surface area contributed by atoms with Gasteiger partial charge in [0, 0.05) is 24.4 Å². The standard InChI is InChI=1S/C20H21N5O6/c1-10-14(19(27)31-9-13-6-3-7-30-13)15(11-4-2-5-12(8-11)25(28)29)16-17(22-10)23-20(21)24-18(16)26/h2,4-5,8,13,15H,3,6-7,9H2,1H3,(H4,21,22,23,24,26)/t13-,15-/m1/s1. The number of ether oxygens (including phenoxy) is 2. The van der Waals surface area contributed by atoms with Crippen LogP contribution in [-0.4, -0.2) is 40.2 Å². The van der Waals surface area contributed by atoms with Crippen molar-refractivity contribution in [2.45, 2.75) is 31.8 Å². The Hall–Kier alpha value is -3.73. The third-order valence-corrected chi connectivity index (χ3v) is 5.32. The molecule has 0 amide bonds. The first-order valence-electron chi connectivity index (χ1n) is 9.75. The van der Waals surface area contributed by atoms with Gasteiger partial charge in [0.25, 0.3) is 11.2 Å². The van der Waals surface area contributed by atoms with E-state index in [0.717, 1.165) is 12.8 Å². The molecule has 0 aliphatic carbocycles. The average molecular weight is 427 g/mol. The summed E-state index contributed by atoms with van der Waals surface area (Å²) in [4.78, 5) is 43.2. The lowest BCUT2D eigenvalue weighted by Crippen LogP contribution is -2.32. The van der Waals surface area contributed by atoms with Crippen molar-refractivity contribution >= 4 is 23.4 Å². The molecule has 11 nitrogen and oxygen atoms in total. The van der Waals surface area contributed by atoms with Crippen molar-refractivity contribution in [2.75, 3.05) is 24.3 Å². The quantitative estimate of drug-likeness (QED) is 0.367. The van der Waals surface area contributed by atoms with Crippen LogP contribution in [0.5, 0.6) is 0 Å². The van der Waals surface area contributed by atoms with E-state index in [1.165, 1.54) is 18.2 Å². The molecule has 0 bridgehead atoms. The van der Waals surface area contributed by atoms with Gasteiger partial charge in [0.1, 0.15) is 12.4 Å². The van der Waals surface area contributed by atoms with Gasteiger partial charge in [-0.05, 0) is 25.3 Å². The van der Waals surface area contributed by atoms with Gasteiger partial charge in [-0.2, -0.15) is 4.98 Å². The zero-order valence-corrected chi connectivity index (χ0v) is 16.7. The molecule has 2 atom stereocenters. The number of nitrogen functional groups attached to an aromatic ring is 1. The van der Waals surface area contributed by atoms with Crippen molar-refractivity contribution in [1.29, 1.82) is 0 Å². The highest BCUT2D eigenvalue weighted by molar-refractivity contribution is 5.94. The highest BCUT2D eigenvalue weighted by atomic mass is 16.6. The number of carbonyl (C=O) groups excluding carboxylic acids is 1. The van der Waals surface area contributed by atoms with Crippen molar-refractivity contribution in [1.82, 2.24) is 9.97 Å². The molecule has 0 radical (unpaired) electrons. The summed E-state index contributed by atoms with van der Waals surface area (Å²) in [5.41, 5.74) is 6.05. The van der Waals surface area contributed by atoms with E-state index in [0.29, 0.717) is 17.9 Å². The Balaban J connectivity index is 1.79. The number of esters is 1. The predicted octanol–water partition coefficient (Wildman–Crippen LogP) is 1.81. The zero-order chi connectivity index (χ0) is 22.1. The number of nitrogens with two attached hydrogens (primary N) is 1. The number of fused-ring (bicyclic) bond motifs is 1. The highest BCUT2D eigenvalue weighted by Crippen LogP contribution is 2.40. The second-order valence-electron chi connectivity index (χ2n) is 7.40. The molecule has 4 N–H and O–H groups in total. The van der Waals surface area contributed by atoms with Crippen molar-refractivity contribution < 1.29 is 19.2 Å². The molecule has 3 heterocycles. The highest BCUT2D eigenvalue weighted by Gasteiger charge is 2.37. The summed E-state index contributed by atoms with van der Waals surface area (Å²) in [6, 6.07) is 5.78. The second kappa shape index (κ2) is 8.19. The number of hydrogen-bond acceptors (Lipinski definition) is 9. The normalized spacial score (nSPS) is 20.2. The molecular weight excluding hydrogens is 406 g/mol. The monoisotopic (exact) mass is 427 g/mol. The first-order valence-corrected chi connectivity index (χ1v) is 9.75. The summed E-state index contributed by atoms with van der Waals surface area (Å²) in [6.45, 7) is 2.35. The van der Waals surface area contributed by atoms with Crippen LogP contribution in [0.1, 0.15) is 36.8 Å². The summed E-state index contributed by atoms with van der Waals surface area (Å²) in [6.07, 6.45) is 1.52. The molecular formula is C20H21N5O6. The van der Waals surface area contributed by atoms with E-state index in [-0.39, 0.29) is 41.3 Å². The first kappa shape index (κ1) is 20.5. The van der Waals surface area contributed by atoms with E-state index in [9.17, 15) is 19.7 Å². The van der Waals surface area contributed by atoms with Crippen molar-refractivity contribution in [3.63, 3.8) is 0 Å². The summed E-state index contributed by atoms with van der Waals surface area (Å²) in [5.74, 6) is -1.47. The number of carbonyl (C=O) groups is 1. The number of non-ortho nitro benzene ring substituents is 1. The summed E-state index contributed by atoms with van der Waals surface area (Å²) in [7, 11) is 0. The van der Waals surface area contributed by atoms with Gasteiger partial charge < -0.3 is 20.5 Å². The molecule has 0 saturated carbocycles. The fourth-order valence-corrected chi connectivity index (χ4v) is 3.91. The number of H-pyrrole nitrogens is 1. The van der Waals surface area contributed by atoms with Gasteiger partial charge in [0.05, 0.1) is 28.1 Å². The van der Waals surface area contributed by atoms with Crippen molar-refractivity contribution in [3.05, 3.63) is 67.1 Å². The SMILES string of the molecule is CC1=C(C(=O)OC[C@H]2CCCO2)[C@@H](c2cccc([N+](=O)[O-])c2)c2c(nc(N)[nH]c2=O)N1. The van der Waals surface area contributed by atoms with Crippen LogP contribution in [0.4, 0.5) is 17.5 Å². The van der Waals surface area contributed by atoms with Gasteiger partial charge in [-0.25, -0.2) is 4.79 Å². The number of nitrogens with zero attached hydrogens (tertiary/aromatic N) is 2. The molecule has 1 fully saturated rings. The minimum atomic E-state index is -0.926. The number of rotatable bonds is 5. The lowest BCUT2D eigenvalue weighted by Gasteiger charge is -2.28. The van der Waals surface area contributed by atoms with E-state index >= 15 is 0 Å². The van der Waals surface area contributed by atoms with Crippen LogP contribution in [0.3, 0.4) is 0 Å². The number of nitro benzene ring substituents is 1. The third kappa shape index (κ3) is 3.99. The minimum absolute atomic E-state index is 0.0838. The van der Waals surface area contributed by atoms with Gasteiger partial charge >= 0.3 is 5.97 Å². The molecule has 31 heavy (non-hydrogen) atoms. The van der Waals surface area contributed by atoms with Gasteiger partial charge in [-0.3, -0.25) is 19.9 Å². The van der Waals surface area contributed by atoms with E-state index in [1.54, 1.807) is 13.0 Å². The molecule has 2 aliphatic heterocycles. The summed E-state index contributed by atoms with van der Waals surface area (Å²) < 4.78 is 11.0. The Labute approximate surface area is 176 Å². The number of aromatic nitrogens is 2. The first-order chi connectivity index (χ1) is 14.8. The zero-order valence-electron chi connectivity index (χ0n) is 16.7. The topological polar surface area (TPSA) is 162 Å². The van der Waals surface area contributed by atoms with Crippen LogP contribution >= 0.6 is 0 Å². The molecule has 0 unspecified atom stereocenters. The second-order valence-corrected chi connectivity index (χ2v) is 7.40. The molecule has 2 aromatic rings. The maximum absolute atomic E-state index is 13.1. The van der Waals surface area contributed by atoms with E-state index < -0.39 is 22.4 Å². The third-order valence-electron chi connectivity index (χ3n) is 5.32. The smallest absolute Gasteiger partial charge is 0.336 e. The maximum atomic E-state index is 13.1. The van der Waals surface area contributed by atoms with Crippen LogP contribution in [0.15, 0.2) is 40.3 Å². The van der Waals surface area contributed by atoms with Crippen LogP contribution in [-0.2, 0) is 14.3 Å². The Kier molecular flexibility index (Phi) is 5.42. The largest absolute Gasteiger partial charge is 0.459 e. The van der Waals surface area contributed by atoms with Gasteiger partial charge in [-0.15, -0.1) is 0 Å². The van der Waals surface area contributed by atoms with Crippen LogP contribution < -0.4 is 16.6 Å². The average Bonchev–Trinajstić information content (AvgIpc) is 3.24. The number of anilines is 2. The molecule has 4 rings (SSSR count). The lowest BCUT2D eigenvalue weighted by molar-refractivity contribution is -0.384. The molecule has 1 aromatic heterocycles. The number of nitrogens with one attached hydrogen (secondary N) is 2. The Morgan fingerprint density at radius 3 is 2.97 bits per heavy atom. The fraction of sp³-hybridized carbons (Fsp3) is 0.350. The summed E-state index contributed by atoms with van der Waals surface area (Å²) >= 11 is 0. The fourth-order valence-electron chi connectivity index (χ4n) is 3.91. The summed E-state index contributed by atoms with van der Waals surface area (Å²) in [5, 5.41) is 14.2. The van der Waals surface area contributed by atoms with E-state index in [4.69, 9.17) is 15.2 Å². The van der Waals surface area contributed by atoms with E-state index in [1.807, 2.05) is 0 Å². The number of nitro groups is 1. The van der Waals surface area contributed by atoms with Crippen LogP contribution in [0, 0.1) is 10.1 Å². The van der Waals surface area contributed by atoms with Gasteiger partial charge in [0.2, 0.25) is 5.95 Å². The maximum Gasteiger partial charge on any atom is 0.336 e. The molecule has 162 valence electrons. The number of hydrogen-bond donors (Lipinski definition) is 3. The lowest BCUT2D eigenvalue weighted by atomic mass is 9.82. The Bertz CT molecular complexity index is 1140. The Morgan fingerprint density at radius 2 is 2.26 bits per heavy atom. The molecule has 11 heteroatoms. The van der Waals surface area contributed by atoms with Crippen molar-refractivity contribution in [2.24, 2.45) is 0 Å². The number of benzene rings is 1. The van der Waals surface area contributed by atoms with Gasteiger partial charge in [-0.1, -0.05) is 12.1 Å². The molecule has 0 spiro atoms. The Morgan fingerprint density at radius 1 is 1.45 bits per heavy atom. The van der Waals surface area contributed by atoms with Crippen molar-refractivity contribution in [3.8, 4) is 0 Å². The predicted molar refractivity (Wildman–Crippen MR) is 110 cm³/mol. The molecule has 1 aromatic carbocycles. The minimum Gasteiger partial charge on any atom is -0.459 e. The van der Waals surface area contributed by atoms with E-state index in [2.05, 4.69) is 15.3 Å². The van der Waals surface area contributed by atoms with Crippen LogP contribution in [0.2, 0.25) is 0 Å². The number of aromatic amines is 1.